The van der Waals surface area contributed by atoms with Crippen molar-refractivity contribution in [3.05, 3.63) is 35.9 Å². The molecule has 0 atom stereocenters. The summed E-state index contributed by atoms with van der Waals surface area (Å²) in [7, 11) is 1.63. The van der Waals surface area contributed by atoms with Gasteiger partial charge in [0.1, 0.15) is 5.75 Å². The summed E-state index contributed by atoms with van der Waals surface area (Å²) < 4.78 is 5.26. The van der Waals surface area contributed by atoms with Crippen molar-refractivity contribution in [2.24, 2.45) is 0 Å². The Bertz CT molecular complexity index is 422. The Kier molecular flexibility index (Phi) is 4.76. The molecule has 0 saturated carbocycles. The van der Waals surface area contributed by atoms with Crippen LogP contribution in [0.15, 0.2) is 30.3 Å². The highest BCUT2D eigenvalue weighted by atomic mass is 16.5. The van der Waals surface area contributed by atoms with Crippen LogP contribution >= 0.6 is 0 Å². The molecule has 0 spiro atoms. The van der Waals surface area contributed by atoms with Gasteiger partial charge in [-0.2, -0.15) is 0 Å². The Morgan fingerprint density at radius 1 is 1.35 bits per heavy atom. The minimum Gasteiger partial charge on any atom is -0.496 e. The van der Waals surface area contributed by atoms with Crippen molar-refractivity contribution in [2.45, 2.75) is 26.8 Å². The zero-order valence-corrected chi connectivity index (χ0v) is 10.8. The lowest BCUT2D eigenvalue weighted by Crippen LogP contribution is -2.28. The van der Waals surface area contributed by atoms with E-state index in [2.05, 4.69) is 5.32 Å². The average Bonchev–Trinajstić information content (AvgIpc) is 2.27. The van der Waals surface area contributed by atoms with Crippen molar-refractivity contribution in [2.75, 3.05) is 7.11 Å². The van der Waals surface area contributed by atoms with Gasteiger partial charge in [0.05, 0.1) is 7.11 Å². The van der Waals surface area contributed by atoms with E-state index in [0.29, 0.717) is 0 Å². The maximum atomic E-state index is 11.6. The number of amides is 1. The fourth-order valence-corrected chi connectivity index (χ4v) is 1.57. The second kappa shape index (κ2) is 6.09. The number of hydrogen-bond donors (Lipinski definition) is 1. The summed E-state index contributed by atoms with van der Waals surface area (Å²) >= 11 is 0. The van der Waals surface area contributed by atoms with Gasteiger partial charge >= 0.3 is 0 Å². The van der Waals surface area contributed by atoms with Gasteiger partial charge in [0.25, 0.3) is 0 Å². The van der Waals surface area contributed by atoms with Crippen molar-refractivity contribution >= 4 is 11.5 Å². The van der Waals surface area contributed by atoms with Crippen molar-refractivity contribution in [3.8, 4) is 5.75 Å². The van der Waals surface area contributed by atoms with Crippen LogP contribution in [0.3, 0.4) is 0 Å². The zero-order chi connectivity index (χ0) is 12.8. The quantitative estimate of drug-likeness (QED) is 0.812. The number of para-hydroxylation sites is 1. The van der Waals surface area contributed by atoms with Crippen LogP contribution < -0.4 is 10.1 Å². The minimum atomic E-state index is -0.0802. The molecule has 0 saturated heterocycles. The number of allylic oxidation sites excluding steroid dienone is 1. The van der Waals surface area contributed by atoms with E-state index < -0.39 is 0 Å². The molecule has 0 aromatic heterocycles. The number of carbonyl (C=O) groups excluding carboxylic acids is 1. The number of benzene rings is 1. The second-order valence-electron chi connectivity index (χ2n) is 4.19. The molecule has 1 N–H and O–H groups in total. The summed E-state index contributed by atoms with van der Waals surface area (Å²) in [5.41, 5.74) is 1.83. The molecule has 3 heteroatoms. The first-order chi connectivity index (χ1) is 8.04. The molecular weight excluding hydrogens is 214 g/mol. The summed E-state index contributed by atoms with van der Waals surface area (Å²) in [6, 6.07) is 7.80. The van der Waals surface area contributed by atoms with Crippen LogP contribution in [0.2, 0.25) is 0 Å². The molecule has 0 radical (unpaired) electrons. The molecule has 3 nitrogen and oxygen atoms in total. The van der Waals surface area contributed by atoms with Gasteiger partial charge in [-0.25, -0.2) is 0 Å². The van der Waals surface area contributed by atoms with Crippen LogP contribution in [0, 0.1) is 0 Å². The van der Waals surface area contributed by atoms with Gasteiger partial charge in [0, 0.05) is 17.7 Å². The molecule has 1 amide bonds. The third-order valence-corrected chi connectivity index (χ3v) is 2.31. The molecule has 1 rings (SSSR count). The topological polar surface area (TPSA) is 38.3 Å². The van der Waals surface area contributed by atoms with E-state index in [0.717, 1.165) is 16.9 Å². The highest BCUT2D eigenvalue weighted by Crippen LogP contribution is 2.24. The average molecular weight is 233 g/mol. The molecule has 0 fully saturated rings. The third-order valence-electron chi connectivity index (χ3n) is 2.31. The van der Waals surface area contributed by atoms with Gasteiger partial charge in [-0.1, -0.05) is 18.2 Å². The first-order valence-electron chi connectivity index (χ1n) is 5.66. The number of rotatable bonds is 4. The van der Waals surface area contributed by atoms with Crippen molar-refractivity contribution < 1.29 is 9.53 Å². The first kappa shape index (κ1) is 13.3. The molecular formula is C14H19NO2. The molecule has 0 aliphatic rings. The normalized spacial score (nSPS) is 11.5. The minimum absolute atomic E-state index is 0.0802. The van der Waals surface area contributed by atoms with Crippen LogP contribution in [-0.4, -0.2) is 19.1 Å². The first-order valence-corrected chi connectivity index (χ1v) is 5.66. The van der Waals surface area contributed by atoms with Gasteiger partial charge < -0.3 is 10.1 Å². The SMILES string of the molecule is COc1ccccc1/C(C)=C/C(=O)NC(C)C. The summed E-state index contributed by atoms with van der Waals surface area (Å²) in [4.78, 5) is 11.6. The summed E-state index contributed by atoms with van der Waals surface area (Å²) in [6.07, 6.45) is 1.60. The highest BCUT2D eigenvalue weighted by molar-refractivity contribution is 5.95. The number of carbonyl (C=O) groups is 1. The lowest BCUT2D eigenvalue weighted by Gasteiger charge is -2.09. The van der Waals surface area contributed by atoms with E-state index in [9.17, 15) is 4.79 Å². The van der Waals surface area contributed by atoms with Crippen LogP contribution in [0.1, 0.15) is 26.3 Å². The van der Waals surface area contributed by atoms with E-state index in [1.165, 1.54) is 0 Å². The van der Waals surface area contributed by atoms with Gasteiger partial charge in [-0.05, 0) is 32.4 Å². The van der Waals surface area contributed by atoms with E-state index in [1.54, 1.807) is 13.2 Å². The molecule has 92 valence electrons. The maximum absolute atomic E-state index is 11.6. The Morgan fingerprint density at radius 2 is 2.00 bits per heavy atom. The van der Waals surface area contributed by atoms with E-state index >= 15 is 0 Å². The highest BCUT2D eigenvalue weighted by Gasteiger charge is 2.06. The van der Waals surface area contributed by atoms with E-state index in [4.69, 9.17) is 4.74 Å². The van der Waals surface area contributed by atoms with Crippen LogP contribution in [0.4, 0.5) is 0 Å². The fraction of sp³-hybridized carbons (Fsp3) is 0.357. The fourth-order valence-electron chi connectivity index (χ4n) is 1.57. The van der Waals surface area contributed by atoms with E-state index in [-0.39, 0.29) is 11.9 Å². The van der Waals surface area contributed by atoms with Crippen molar-refractivity contribution in [1.29, 1.82) is 0 Å². The molecule has 17 heavy (non-hydrogen) atoms. The second-order valence-corrected chi connectivity index (χ2v) is 4.19. The molecule has 0 bridgehead atoms. The standard InChI is InChI=1S/C14H19NO2/c1-10(2)15-14(16)9-11(3)12-7-5-6-8-13(12)17-4/h5-10H,1-4H3,(H,15,16)/b11-9+. The lowest BCUT2D eigenvalue weighted by atomic mass is 10.1. The number of nitrogens with one attached hydrogen (secondary N) is 1. The third kappa shape index (κ3) is 3.94. The monoisotopic (exact) mass is 233 g/mol. The zero-order valence-electron chi connectivity index (χ0n) is 10.8. The molecule has 0 unspecified atom stereocenters. The van der Waals surface area contributed by atoms with Gasteiger partial charge in [-0.3, -0.25) is 4.79 Å². The lowest BCUT2D eigenvalue weighted by molar-refractivity contribution is -0.116. The van der Waals surface area contributed by atoms with Crippen LogP contribution in [0.25, 0.3) is 5.57 Å². The van der Waals surface area contributed by atoms with Gasteiger partial charge in [0.15, 0.2) is 0 Å². The van der Waals surface area contributed by atoms with Crippen LogP contribution in [0.5, 0.6) is 5.75 Å². The summed E-state index contributed by atoms with van der Waals surface area (Å²) in [5, 5.41) is 2.82. The van der Waals surface area contributed by atoms with E-state index in [1.807, 2.05) is 45.0 Å². The van der Waals surface area contributed by atoms with Crippen molar-refractivity contribution in [3.63, 3.8) is 0 Å². The molecule has 0 heterocycles. The predicted octanol–water partition coefficient (Wildman–Crippen LogP) is 2.62. The van der Waals surface area contributed by atoms with Crippen LogP contribution in [-0.2, 0) is 4.79 Å². The Hall–Kier alpha value is -1.77. The number of methoxy groups -OCH3 is 1. The maximum Gasteiger partial charge on any atom is 0.244 e. The van der Waals surface area contributed by atoms with Gasteiger partial charge in [-0.15, -0.1) is 0 Å². The Balaban J connectivity index is 2.91. The number of hydrogen-bond acceptors (Lipinski definition) is 2. The Labute approximate surface area is 102 Å². The molecule has 0 aliphatic carbocycles. The predicted molar refractivity (Wildman–Crippen MR) is 69.9 cm³/mol. The van der Waals surface area contributed by atoms with Crippen molar-refractivity contribution in [1.82, 2.24) is 5.32 Å². The smallest absolute Gasteiger partial charge is 0.244 e. The molecule has 1 aromatic rings. The summed E-state index contributed by atoms with van der Waals surface area (Å²) in [6.45, 7) is 5.77. The van der Waals surface area contributed by atoms with Gasteiger partial charge in [0.2, 0.25) is 5.91 Å². The number of ether oxygens (including phenoxy) is 1. The Morgan fingerprint density at radius 3 is 2.59 bits per heavy atom. The summed E-state index contributed by atoms with van der Waals surface area (Å²) in [5.74, 6) is 0.696. The molecule has 1 aromatic carbocycles. The molecule has 0 aliphatic heterocycles. The largest absolute Gasteiger partial charge is 0.496 e.